The summed E-state index contributed by atoms with van der Waals surface area (Å²) in [5, 5.41) is 5.41. The van der Waals surface area contributed by atoms with Gasteiger partial charge in [-0.05, 0) is 125 Å². The Labute approximate surface area is 383 Å². The van der Waals surface area contributed by atoms with E-state index < -0.39 is 10.0 Å². The quantitative estimate of drug-likeness (QED) is 0.140. The molecule has 12 rings (SSSR count). The van der Waals surface area contributed by atoms with Gasteiger partial charge in [-0.25, -0.2) is 0 Å². The van der Waals surface area contributed by atoms with Gasteiger partial charge in [-0.1, -0.05) is 146 Å². The molecule has 0 aliphatic carbocycles. The molecule has 1 nitrogen and oxygen atoms in total. The van der Waals surface area contributed by atoms with Crippen molar-refractivity contribution in [1.29, 1.82) is 0 Å². The molecular weight excluding hydrogens is 831 g/mol. The number of thiophene rings is 2. The van der Waals surface area contributed by atoms with Crippen LogP contribution in [-0.4, -0.2) is 0 Å². The van der Waals surface area contributed by atoms with Gasteiger partial charge in [-0.15, -0.1) is 32.7 Å². The van der Waals surface area contributed by atoms with Gasteiger partial charge >= 0.3 is 0 Å². The average molecular weight is 872 g/mol. The lowest BCUT2D eigenvalue weighted by molar-refractivity contribution is 1.24. The number of benzene rings is 10. The normalized spacial score (nSPS) is 12.0. The fourth-order valence-corrected chi connectivity index (χ4v) is 15.8. The second-order valence-corrected chi connectivity index (χ2v) is 21.3. The van der Waals surface area contributed by atoms with Crippen LogP contribution >= 0.6 is 32.7 Å². The Kier molecular flexibility index (Phi) is 9.71. The van der Waals surface area contributed by atoms with E-state index >= 15 is 0 Å². The third-order valence-corrected chi connectivity index (χ3v) is 18.7. The summed E-state index contributed by atoms with van der Waals surface area (Å²) in [5.41, 5.74) is 8.21. The lowest BCUT2D eigenvalue weighted by Gasteiger charge is -2.42. The number of para-hydroxylation sites is 1. The maximum Gasteiger partial charge on any atom is 0.0462 e. The molecular formula is C60H41NS3. The first-order chi connectivity index (χ1) is 31.7. The van der Waals surface area contributed by atoms with Gasteiger partial charge in [0.1, 0.15) is 0 Å². The average Bonchev–Trinajstić information content (AvgIpc) is 3.95. The Morgan fingerprint density at radius 1 is 0.281 bits per heavy atom. The van der Waals surface area contributed by atoms with E-state index in [9.17, 15) is 0 Å². The first-order valence-corrected chi connectivity index (χ1v) is 24.9. The number of hydrogen-bond donors (Lipinski definition) is 0. The molecule has 10 aromatic carbocycles. The first-order valence-electron chi connectivity index (χ1n) is 21.6. The molecule has 4 heteroatoms. The molecule has 0 aliphatic heterocycles. The lowest BCUT2D eigenvalue weighted by atomic mass is 9.98. The summed E-state index contributed by atoms with van der Waals surface area (Å²) < 4.78 is 5.39. The standard InChI is InChI=1S/C60H41NS3/c1-5-16-45(17-6-1)61(47-36-30-44(31-37-47)52-25-15-27-56-58(52)59-57(62-56)41-40-54-53-24-13-14-26-55(53)63-60(54)59)46-34-28-42(29-35-46)43-32-38-51(39-33-43)64(48-18-7-2-8-19-48,49-20-9-3-10-21-49)50-22-11-4-12-23-50/h1-41H. The Hall–Kier alpha value is -7.21. The van der Waals surface area contributed by atoms with Crippen molar-refractivity contribution < 1.29 is 0 Å². The minimum Gasteiger partial charge on any atom is -0.311 e. The summed E-state index contributed by atoms with van der Waals surface area (Å²) in [6.07, 6.45) is 0. The number of rotatable bonds is 9. The molecule has 64 heavy (non-hydrogen) atoms. The molecule has 0 amide bonds. The highest BCUT2D eigenvalue weighted by atomic mass is 32.3. The van der Waals surface area contributed by atoms with Crippen LogP contribution in [0.1, 0.15) is 0 Å². The second-order valence-electron chi connectivity index (χ2n) is 16.0. The Bertz CT molecular complexity index is 3470. The summed E-state index contributed by atoms with van der Waals surface area (Å²) in [6.45, 7) is 0. The fourth-order valence-electron chi connectivity index (χ4n) is 9.48. The molecule has 2 heterocycles. The lowest BCUT2D eigenvalue weighted by Crippen LogP contribution is -2.09. The van der Waals surface area contributed by atoms with Crippen molar-refractivity contribution >= 4 is 90.1 Å². The Morgan fingerprint density at radius 3 is 1.33 bits per heavy atom. The van der Waals surface area contributed by atoms with Crippen LogP contribution in [0, 0.1) is 0 Å². The van der Waals surface area contributed by atoms with E-state index in [1.54, 1.807) is 0 Å². The predicted molar refractivity (Wildman–Crippen MR) is 278 cm³/mol. The molecule has 0 radical (unpaired) electrons. The van der Waals surface area contributed by atoms with E-state index in [2.05, 4.69) is 254 Å². The van der Waals surface area contributed by atoms with Crippen LogP contribution in [0.15, 0.2) is 268 Å². The van der Waals surface area contributed by atoms with Crippen LogP contribution in [0.25, 0.3) is 62.6 Å². The minimum absolute atomic E-state index is 1.11. The zero-order chi connectivity index (χ0) is 42.5. The van der Waals surface area contributed by atoms with Crippen LogP contribution in [0.5, 0.6) is 0 Å². The van der Waals surface area contributed by atoms with E-state index in [1.165, 1.54) is 82.2 Å². The smallest absolute Gasteiger partial charge is 0.0462 e. The first kappa shape index (κ1) is 38.5. The molecule has 0 aliphatic rings. The molecule has 0 saturated heterocycles. The summed E-state index contributed by atoms with van der Waals surface area (Å²) in [6, 6.07) is 91.5. The zero-order valence-corrected chi connectivity index (χ0v) is 37.3. The van der Waals surface area contributed by atoms with Gasteiger partial charge in [0, 0.05) is 77.0 Å². The number of anilines is 3. The minimum atomic E-state index is -1.75. The highest BCUT2D eigenvalue weighted by Crippen LogP contribution is 2.73. The van der Waals surface area contributed by atoms with Crippen molar-refractivity contribution in [2.75, 3.05) is 4.90 Å². The summed E-state index contributed by atoms with van der Waals surface area (Å²) in [7, 11) is -1.75. The van der Waals surface area contributed by atoms with Gasteiger partial charge in [0.25, 0.3) is 0 Å². The largest absolute Gasteiger partial charge is 0.311 e. The highest BCUT2D eigenvalue weighted by molar-refractivity contribution is 8.34. The molecule has 0 saturated carbocycles. The predicted octanol–water partition coefficient (Wildman–Crippen LogP) is 18.6. The number of nitrogens with zero attached hydrogens (tertiary/aromatic N) is 1. The summed E-state index contributed by atoms with van der Waals surface area (Å²) in [5.74, 6) is 0. The third-order valence-electron chi connectivity index (χ3n) is 12.4. The summed E-state index contributed by atoms with van der Waals surface area (Å²) >= 11 is 3.81. The van der Waals surface area contributed by atoms with Crippen LogP contribution in [0.3, 0.4) is 0 Å². The van der Waals surface area contributed by atoms with Crippen LogP contribution in [0.2, 0.25) is 0 Å². The third kappa shape index (κ3) is 6.45. The van der Waals surface area contributed by atoms with Crippen molar-refractivity contribution in [3.05, 3.63) is 249 Å². The van der Waals surface area contributed by atoms with Gasteiger partial charge in [-0.3, -0.25) is 0 Å². The van der Waals surface area contributed by atoms with Gasteiger partial charge in [0.2, 0.25) is 0 Å². The van der Waals surface area contributed by atoms with E-state index in [0.717, 1.165) is 17.1 Å². The Balaban J connectivity index is 0.903. The summed E-state index contributed by atoms with van der Waals surface area (Å²) in [4.78, 5) is 7.64. The van der Waals surface area contributed by atoms with Crippen LogP contribution < -0.4 is 4.90 Å². The maximum atomic E-state index is 2.36. The van der Waals surface area contributed by atoms with Crippen molar-refractivity contribution in [3.8, 4) is 22.3 Å². The van der Waals surface area contributed by atoms with Crippen LogP contribution in [-0.2, 0) is 0 Å². The molecule has 304 valence electrons. The monoisotopic (exact) mass is 871 g/mol. The van der Waals surface area contributed by atoms with Gasteiger partial charge in [-0.2, -0.15) is 0 Å². The van der Waals surface area contributed by atoms with Gasteiger partial charge < -0.3 is 4.90 Å². The van der Waals surface area contributed by atoms with E-state index in [0.29, 0.717) is 0 Å². The van der Waals surface area contributed by atoms with E-state index in [4.69, 9.17) is 0 Å². The van der Waals surface area contributed by atoms with E-state index in [-0.39, 0.29) is 0 Å². The van der Waals surface area contributed by atoms with Crippen molar-refractivity contribution in [1.82, 2.24) is 0 Å². The molecule has 0 bridgehead atoms. The molecule has 0 unspecified atom stereocenters. The fraction of sp³-hybridized carbons (Fsp3) is 0. The van der Waals surface area contributed by atoms with Crippen molar-refractivity contribution in [2.45, 2.75) is 19.6 Å². The Morgan fingerprint density at radius 2 is 0.734 bits per heavy atom. The number of hydrogen-bond acceptors (Lipinski definition) is 3. The molecule has 2 aromatic heterocycles. The number of fused-ring (bicyclic) bond motifs is 7. The SMILES string of the molecule is c1ccc(N(c2ccc(-c3ccc(S(c4ccccc4)(c4ccccc4)c4ccccc4)cc3)cc2)c2ccc(-c3cccc4sc5ccc6c7ccccc7sc6c5c34)cc2)cc1. The second kappa shape index (κ2) is 16.2. The molecule has 0 atom stereocenters. The van der Waals surface area contributed by atoms with Crippen molar-refractivity contribution in [2.24, 2.45) is 0 Å². The molecule has 0 fully saturated rings. The maximum absolute atomic E-state index is 2.36. The molecule has 0 spiro atoms. The van der Waals surface area contributed by atoms with Gasteiger partial charge in [0.15, 0.2) is 0 Å². The van der Waals surface area contributed by atoms with Gasteiger partial charge in [0.05, 0.1) is 0 Å². The van der Waals surface area contributed by atoms with Crippen LogP contribution in [0.4, 0.5) is 17.1 Å². The topological polar surface area (TPSA) is 3.24 Å². The van der Waals surface area contributed by atoms with E-state index in [1.807, 2.05) is 22.7 Å². The molecule has 12 aromatic rings. The molecule has 0 N–H and O–H groups in total. The highest BCUT2D eigenvalue weighted by Gasteiger charge is 2.33. The zero-order valence-electron chi connectivity index (χ0n) is 34.8. The van der Waals surface area contributed by atoms with Crippen molar-refractivity contribution in [3.63, 3.8) is 0 Å².